The van der Waals surface area contributed by atoms with E-state index < -0.39 is 0 Å². The Labute approximate surface area is 71.0 Å². The van der Waals surface area contributed by atoms with E-state index in [1.54, 1.807) is 16.4 Å². The van der Waals surface area contributed by atoms with E-state index in [1.165, 1.54) is 4.90 Å². The maximum absolute atomic E-state index is 5.60. The summed E-state index contributed by atoms with van der Waals surface area (Å²) in [6, 6.07) is 0.250. The van der Waals surface area contributed by atoms with Gasteiger partial charge in [-0.05, 0) is 6.92 Å². The molecule has 11 heavy (non-hydrogen) atoms. The van der Waals surface area contributed by atoms with Crippen molar-refractivity contribution < 1.29 is 0 Å². The van der Waals surface area contributed by atoms with Gasteiger partial charge >= 0.3 is 0 Å². The van der Waals surface area contributed by atoms with Gasteiger partial charge in [-0.1, -0.05) is 0 Å². The Hall–Kier alpha value is -0.480. The quantitative estimate of drug-likeness (QED) is 0.686. The lowest BCUT2D eigenvalue weighted by atomic mass is 10.4. The van der Waals surface area contributed by atoms with Gasteiger partial charge in [-0.15, -0.1) is 11.8 Å². The summed E-state index contributed by atoms with van der Waals surface area (Å²) in [6.45, 7) is 2.00. The fourth-order valence-electron chi connectivity index (χ4n) is 0.701. The monoisotopic (exact) mass is 171 g/mol. The summed E-state index contributed by atoms with van der Waals surface area (Å²) in [4.78, 5) is 1.19. The number of hydrogen-bond acceptors (Lipinski definition) is 3. The number of nitrogens with zero attached hydrogens (tertiary/aromatic N) is 2. The molecule has 0 aromatic carbocycles. The third-order valence-corrected chi connectivity index (χ3v) is 2.43. The van der Waals surface area contributed by atoms with E-state index >= 15 is 0 Å². The number of thioether (sulfide) groups is 1. The van der Waals surface area contributed by atoms with E-state index in [1.807, 2.05) is 26.4 Å². The normalized spacial score (nSPS) is 13.4. The molecule has 1 aromatic heterocycles. The topological polar surface area (TPSA) is 43.8 Å². The van der Waals surface area contributed by atoms with Gasteiger partial charge in [0, 0.05) is 29.9 Å². The van der Waals surface area contributed by atoms with Gasteiger partial charge in [0.1, 0.15) is 0 Å². The molecule has 1 aromatic rings. The molecule has 0 saturated heterocycles. The van der Waals surface area contributed by atoms with Crippen LogP contribution in [0.2, 0.25) is 0 Å². The number of aromatic nitrogens is 2. The van der Waals surface area contributed by atoms with Crippen LogP contribution in [0.5, 0.6) is 0 Å². The largest absolute Gasteiger partial charge is 0.327 e. The molecule has 62 valence electrons. The van der Waals surface area contributed by atoms with E-state index in [9.17, 15) is 0 Å². The van der Waals surface area contributed by atoms with Crippen molar-refractivity contribution in [1.82, 2.24) is 9.78 Å². The molecule has 1 heterocycles. The van der Waals surface area contributed by atoms with Crippen molar-refractivity contribution in [2.45, 2.75) is 17.9 Å². The number of hydrogen-bond donors (Lipinski definition) is 1. The second-order valence-corrected chi connectivity index (χ2v) is 3.73. The van der Waals surface area contributed by atoms with Crippen molar-refractivity contribution >= 4 is 11.8 Å². The van der Waals surface area contributed by atoms with Crippen LogP contribution in [0.25, 0.3) is 0 Å². The van der Waals surface area contributed by atoms with Crippen LogP contribution in [0.3, 0.4) is 0 Å². The predicted octanol–water partition coefficient (Wildman–Crippen LogP) is 0.859. The molecule has 0 amide bonds. The van der Waals surface area contributed by atoms with Crippen molar-refractivity contribution in [1.29, 1.82) is 0 Å². The highest BCUT2D eigenvalue weighted by Gasteiger charge is 1.98. The first-order chi connectivity index (χ1) is 5.18. The van der Waals surface area contributed by atoms with Crippen molar-refractivity contribution in [3.8, 4) is 0 Å². The SMILES string of the molecule is C[C@@H](N)CSc1cnn(C)c1. The fraction of sp³-hybridized carbons (Fsp3) is 0.571. The van der Waals surface area contributed by atoms with Crippen LogP contribution < -0.4 is 5.73 Å². The van der Waals surface area contributed by atoms with Crippen LogP contribution in [0.4, 0.5) is 0 Å². The van der Waals surface area contributed by atoms with E-state index in [4.69, 9.17) is 5.73 Å². The van der Waals surface area contributed by atoms with Gasteiger partial charge in [0.15, 0.2) is 0 Å². The third kappa shape index (κ3) is 2.95. The molecule has 0 bridgehead atoms. The lowest BCUT2D eigenvalue weighted by molar-refractivity contribution is 0.766. The standard InChI is InChI=1S/C7H13N3S/c1-6(8)5-11-7-3-9-10(2)4-7/h3-4,6H,5,8H2,1-2H3/t6-/m1/s1. The predicted molar refractivity (Wildman–Crippen MR) is 47.6 cm³/mol. The van der Waals surface area contributed by atoms with Gasteiger partial charge in [-0.25, -0.2) is 0 Å². The molecule has 0 saturated carbocycles. The fourth-order valence-corrected chi connectivity index (χ4v) is 1.51. The molecule has 0 aliphatic heterocycles. The van der Waals surface area contributed by atoms with E-state index in [2.05, 4.69) is 5.10 Å². The Kier molecular flexibility index (Phi) is 2.96. The van der Waals surface area contributed by atoms with Crippen LogP contribution in [0, 0.1) is 0 Å². The maximum atomic E-state index is 5.60. The Morgan fingerprint density at radius 3 is 3.00 bits per heavy atom. The zero-order valence-electron chi connectivity index (χ0n) is 6.82. The lowest BCUT2D eigenvalue weighted by Gasteiger charge is -2.00. The Morgan fingerprint density at radius 2 is 2.55 bits per heavy atom. The van der Waals surface area contributed by atoms with Crippen LogP contribution >= 0.6 is 11.8 Å². The first kappa shape index (κ1) is 8.62. The van der Waals surface area contributed by atoms with Crippen LogP contribution in [0.15, 0.2) is 17.3 Å². The summed E-state index contributed by atoms with van der Waals surface area (Å²) in [7, 11) is 1.91. The van der Waals surface area contributed by atoms with Crippen LogP contribution in [0.1, 0.15) is 6.92 Å². The smallest absolute Gasteiger partial charge is 0.0625 e. The van der Waals surface area contributed by atoms with E-state index in [0.29, 0.717) is 0 Å². The molecule has 4 heteroatoms. The molecule has 0 aliphatic rings. The van der Waals surface area contributed by atoms with Crippen molar-refractivity contribution in [3.05, 3.63) is 12.4 Å². The molecule has 0 radical (unpaired) electrons. The van der Waals surface area contributed by atoms with Gasteiger partial charge < -0.3 is 5.73 Å². The maximum Gasteiger partial charge on any atom is 0.0625 e. The third-order valence-electron chi connectivity index (χ3n) is 1.19. The van der Waals surface area contributed by atoms with Crippen molar-refractivity contribution in [3.63, 3.8) is 0 Å². The minimum Gasteiger partial charge on any atom is -0.327 e. The van der Waals surface area contributed by atoms with Gasteiger partial charge in [-0.2, -0.15) is 5.10 Å². The summed E-state index contributed by atoms with van der Waals surface area (Å²) < 4.78 is 1.80. The molecule has 1 atom stereocenters. The second kappa shape index (κ2) is 3.78. The average molecular weight is 171 g/mol. The minimum absolute atomic E-state index is 0.250. The summed E-state index contributed by atoms with van der Waals surface area (Å²) in [5, 5.41) is 4.05. The van der Waals surface area contributed by atoms with E-state index in [0.717, 1.165) is 5.75 Å². The molecule has 1 rings (SSSR count). The van der Waals surface area contributed by atoms with Gasteiger partial charge in [0.05, 0.1) is 6.20 Å². The molecule has 0 spiro atoms. The highest BCUT2D eigenvalue weighted by molar-refractivity contribution is 7.99. The zero-order chi connectivity index (χ0) is 8.27. The Balaban J connectivity index is 2.39. The molecule has 3 nitrogen and oxygen atoms in total. The zero-order valence-corrected chi connectivity index (χ0v) is 7.64. The lowest BCUT2D eigenvalue weighted by Crippen LogP contribution is -2.17. The number of aryl methyl sites for hydroxylation is 1. The van der Waals surface area contributed by atoms with Gasteiger partial charge in [0.2, 0.25) is 0 Å². The first-order valence-electron chi connectivity index (χ1n) is 3.55. The average Bonchev–Trinajstić information content (AvgIpc) is 2.31. The van der Waals surface area contributed by atoms with Crippen LogP contribution in [-0.4, -0.2) is 21.6 Å². The minimum atomic E-state index is 0.250. The summed E-state index contributed by atoms with van der Waals surface area (Å²) in [5.41, 5.74) is 5.60. The molecular formula is C7H13N3S. The van der Waals surface area contributed by atoms with Gasteiger partial charge in [0.25, 0.3) is 0 Å². The highest BCUT2D eigenvalue weighted by atomic mass is 32.2. The van der Waals surface area contributed by atoms with Crippen molar-refractivity contribution in [2.24, 2.45) is 12.8 Å². The summed E-state index contributed by atoms with van der Waals surface area (Å²) in [5.74, 6) is 0.950. The van der Waals surface area contributed by atoms with E-state index in [-0.39, 0.29) is 6.04 Å². The Bertz CT molecular complexity index is 219. The number of rotatable bonds is 3. The molecule has 0 fully saturated rings. The van der Waals surface area contributed by atoms with Crippen molar-refractivity contribution in [2.75, 3.05) is 5.75 Å². The van der Waals surface area contributed by atoms with Crippen LogP contribution in [-0.2, 0) is 7.05 Å². The highest BCUT2D eigenvalue weighted by Crippen LogP contribution is 2.16. The first-order valence-corrected chi connectivity index (χ1v) is 4.54. The molecule has 0 aliphatic carbocycles. The molecular weight excluding hydrogens is 158 g/mol. The number of nitrogens with two attached hydrogens (primary N) is 1. The molecule has 0 unspecified atom stereocenters. The second-order valence-electron chi connectivity index (χ2n) is 2.64. The Morgan fingerprint density at radius 1 is 1.82 bits per heavy atom. The summed E-state index contributed by atoms with van der Waals surface area (Å²) in [6.07, 6.45) is 3.85. The summed E-state index contributed by atoms with van der Waals surface area (Å²) >= 11 is 1.74. The molecule has 2 N–H and O–H groups in total. The van der Waals surface area contributed by atoms with Gasteiger partial charge in [-0.3, -0.25) is 4.68 Å².